The normalized spacial score (nSPS) is 10.5. The fourth-order valence-corrected chi connectivity index (χ4v) is 2.14. The van der Waals surface area contributed by atoms with Crippen LogP contribution in [0.2, 0.25) is 0 Å². The molecule has 0 spiro atoms. The maximum atomic E-state index is 11.6. The molecule has 2 aromatic rings. The second-order valence-corrected chi connectivity index (χ2v) is 5.03. The Bertz CT molecular complexity index is 856. The molecule has 0 radical (unpaired) electrons. The Morgan fingerprint density at radius 3 is 2.62 bits per heavy atom. The summed E-state index contributed by atoms with van der Waals surface area (Å²) in [6, 6.07) is 12.9. The number of allylic oxidation sites excluding steroid dienone is 1. The van der Waals surface area contributed by atoms with Gasteiger partial charge in [0.15, 0.2) is 5.78 Å². The van der Waals surface area contributed by atoms with Crippen molar-refractivity contribution in [3.05, 3.63) is 65.5 Å². The highest BCUT2D eigenvalue weighted by molar-refractivity contribution is 6.37. The third kappa shape index (κ3) is 4.27. The first kappa shape index (κ1) is 16.9. The smallest absolute Gasteiger partial charge is 0.372 e. The molecule has 1 heterocycles. The van der Waals surface area contributed by atoms with Crippen LogP contribution >= 0.6 is 0 Å². The zero-order valence-corrected chi connectivity index (χ0v) is 12.7. The maximum absolute atomic E-state index is 11.6. The van der Waals surface area contributed by atoms with E-state index in [4.69, 9.17) is 10.4 Å². The molecule has 0 aliphatic carbocycles. The van der Waals surface area contributed by atoms with Crippen LogP contribution in [-0.4, -0.2) is 27.2 Å². The highest BCUT2D eigenvalue weighted by Gasteiger charge is 2.14. The molecule has 2 rings (SSSR count). The molecule has 1 aromatic carbocycles. The van der Waals surface area contributed by atoms with Crippen molar-refractivity contribution < 1.29 is 19.5 Å². The van der Waals surface area contributed by atoms with Crippen molar-refractivity contribution in [2.45, 2.75) is 13.0 Å². The fourth-order valence-electron chi connectivity index (χ4n) is 2.14. The van der Waals surface area contributed by atoms with E-state index in [1.165, 1.54) is 12.2 Å². The number of aromatic nitrogens is 1. The summed E-state index contributed by atoms with van der Waals surface area (Å²) in [6.07, 6.45) is 3.85. The van der Waals surface area contributed by atoms with Gasteiger partial charge in [0.2, 0.25) is 5.78 Å². The first-order valence-electron chi connectivity index (χ1n) is 7.11. The number of carbonyl (C=O) groups excluding carboxylic acids is 2. The van der Waals surface area contributed by atoms with Gasteiger partial charge in [-0.05, 0) is 35.9 Å². The van der Waals surface area contributed by atoms with Gasteiger partial charge in [0.05, 0.1) is 18.1 Å². The third-order valence-corrected chi connectivity index (χ3v) is 3.36. The molecule has 0 saturated heterocycles. The number of hydrogen-bond donors (Lipinski definition) is 1. The zero-order chi connectivity index (χ0) is 17.5. The fraction of sp³-hybridized carbons (Fsp3) is 0.111. The Kier molecular flexibility index (Phi) is 5.42. The van der Waals surface area contributed by atoms with Crippen molar-refractivity contribution in [3.63, 3.8) is 0 Å². The molecule has 120 valence electrons. The molecule has 0 bridgehead atoms. The predicted molar refractivity (Wildman–Crippen MR) is 86.0 cm³/mol. The molecule has 0 atom stereocenters. The largest absolute Gasteiger partial charge is 0.475 e. The van der Waals surface area contributed by atoms with Gasteiger partial charge in [-0.3, -0.25) is 9.59 Å². The lowest BCUT2D eigenvalue weighted by Gasteiger charge is -2.08. The summed E-state index contributed by atoms with van der Waals surface area (Å²) in [6.45, 7) is 0.457. The van der Waals surface area contributed by atoms with Crippen LogP contribution in [0.25, 0.3) is 6.08 Å². The molecule has 1 aromatic heterocycles. The van der Waals surface area contributed by atoms with Crippen molar-refractivity contribution in [3.8, 4) is 6.07 Å². The average molecular weight is 322 g/mol. The number of carbonyl (C=O) groups is 3. The summed E-state index contributed by atoms with van der Waals surface area (Å²) in [5.41, 5.74) is 2.13. The summed E-state index contributed by atoms with van der Waals surface area (Å²) in [4.78, 5) is 33.0. The van der Waals surface area contributed by atoms with Gasteiger partial charge in [0, 0.05) is 18.4 Å². The van der Waals surface area contributed by atoms with Gasteiger partial charge in [-0.25, -0.2) is 4.79 Å². The van der Waals surface area contributed by atoms with Crippen LogP contribution in [0, 0.1) is 11.3 Å². The van der Waals surface area contributed by atoms with Crippen LogP contribution in [0.1, 0.15) is 23.2 Å². The number of Topliss-reactive ketones (excluding diaryl/α,β-unsaturated/α-hetero) is 1. The van der Waals surface area contributed by atoms with Gasteiger partial charge in [-0.1, -0.05) is 18.2 Å². The lowest BCUT2D eigenvalue weighted by atomic mass is 10.1. The number of aliphatic carboxylic acids is 1. The summed E-state index contributed by atoms with van der Waals surface area (Å²) in [5.74, 6) is -3.33. The van der Waals surface area contributed by atoms with Crippen LogP contribution < -0.4 is 0 Å². The van der Waals surface area contributed by atoms with Crippen molar-refractivity contribution in [1.29, 1.82) is 5.26 Å². The van der Waals surface area contributed by atoms with E-state index in [1.807, 2.05) is 16.7 Å². The van der Waals surface area contributed by atoms with Crippen molar-refractivity contribution in [1.82, 2.24) is 4.57 Å². The predicted octanol–water partition coefficient (Wildman–Crippen LogP) is 2.03. The standard InChI is InChI=1S/C18H14N2O4/c19-11-13-4-1-2-5-14(13)12-20-9-3-6-15(20)7-8-16(21)10-17(22)18(23)24/h1-9H,10,12H2,(H,23,24)/b8-7+. The lowest BCUT2D eigenvalue weighted by molar-refractivity contribution is -0.149. The second kappa shape index (κ2) is 7.70. The first-order valence-corrected chi connectivity index (χ1v) is 7.11. The van der Waals surface area contributed by atoms with E-state index in [0.717, 1.165) is 5.56 Å². The van der Waals surface area contributed by atoms with Crippen LogP contribution in [0.3, 0.4) is 0 Å². The number of hydrogen-bond acceptors (Lipinski definition) is 4. The number of ketones is 2. The van der Waals surface area contributed by atoms with Gasteiger partial charge in [0.25, 0.3) is 0 Å². The number of nitriles is 1. The van der Waals surface area contributed by atoms with Gasteiger partial charge >= 0.3 is 5.97 Å². The minimum absolute atomic E-state index is 0.457. The lowest BCUT2D eigenvalue weighted by Crippen LogP contribution is -2.15. The average Bonchev–Trinajstić information content (AvgIpc) is 3.00. The highest BCUT2D eigenvalue weighted by Crippen LogP contribution is 2.13. The monoisotopic (exact) mass is 322 g/mol. The molecule has 6 nitrogen and oxygen atoms in total. The number of nitrogens with zero attached hydrogens (tertiary/aromatic N) is 2. The molecule has 0 amide bonds. The molecule has 0 aliphatic rings. The van der Waals surface area contributed by atoms with Gasteiger partial charge < -0.3 is 9.67 Å². The summed E-state index contributed by atoms with van der Waals surface area (Å²) >= 11 is 0. The molecule has 1 N–H and O–H groups in total. The second-order valence-electron chi connectivity index (χ2n) is 5.03. The maximum Gasteiger partial charge on any atom is 0.372 e. The topological polar surface area (TPSA) is 100 Å². The van der Waals surface area contributed by atoms with E-state index in [-0.39, 0.29) is 0 Å². The first-order chi connectivity index (χ1) is 11.5. The van der Waals surface area contributed by atoms with Crippen molar-refractivity contribution in [2.24, 2.45) is 0 Å². The van der Waals surface area contributed by atoms with Crippen LogP contribution in [-0.2, 0) is 20.9 Å². The van der Waals surface area contributed by atoms with E-state index in [1.54, 1.807) is 30.5 Å². The van der Waals surface area contributed by atoms with Gasteiger partial charge in [-0.2, -0.15) is 5.26 Å². The van der Waals surface area contributed by atoms with Gasteiger partial charge in [-0.15, -0.1) is 0 Å². The Balaban J connectivity index is 2.12. The molecule has 0 saturated carbocycles. The Morgan fingerprint density at radius 2 is 1.92 bits per heavy atom. The molecule has 6 heteroatoms. The molecule has 24 heavy (non-hydrogen) atoms. The van der Waals surface area contributed by atoms with Gasteiger partial charge in [0.1, 0.15) is 0 Å². The molecule has 0 fully saturated rings. The molecule has 0 aliphatic heterocycles. The van der Waals surface area contributed by atoms with E-state index in [2.05, 4.69) is 6.07 Å². The number of benzene rings is 1. The highest BCUT2D eigenvalue weighted by atomic mass is 16.4. The van der Waals surface area contributed by atoms with E-state index in [0.29, 0.717) is 17.8 Å². The SMILES string of the molecule is N#Cc1ccccc1Cn1cccc1/C=C/C(=O)CC(=O)C(=O)O. The van der Waals surface area contributed by atoms with Crippen molar-refractivity contribution >= 4 is 23.6 Å². The summed E-state index contributed by atoms with van der Waals surface area (Å²) in [5, 5.41) is 17.6. The van der Waals surface area contributed by atoms with E-state index >= 15 is 0 Å². The Hall–Kier alpha value is -3.46. The molecular weight excluding hydrogens is 308 g/mol. The van der Waals surface area contributed by atoms with Crippen molar-refractivity contribution in [2.75, 3.05) is 0 Å². The minimum Gasteiger partial charge on any atom is -0.475 e. The Morgan fingerprint density at radius 1 is 1.17 bits per heavy atom. The number of rotatable bonds is 7. The van der Waals surface area contributed by atoms with E-state index < -0.39 is 24.0 Å². The van der Waals surface area contributed by atoms with E-state index in [9.17, 15) is 14.4 Å². The van der Waals surface area contributed by atoms with Crippen LogP contribution in [0.4, 0.5) is 0 Å². The summed E-state index contributed by atoms with van der Waals surface area (Å²) < 4.78 is 1.85. The van der Waals surface area contributed by atoms with Crippen LogP contribution in [0.15, 0.2) is 48.7 Å². The zero-order valence-electron chi connectivity index (χ0n) is 12.7. The minimum atomic E-state index is -1.62. The number of carboxylic acids is 1. The number of carboxylic acid groups (broad SMARTS) is 1. The Labute approximate surface area is 138 Å². The molecular formula is C18H14N2O4. The summed E-state index contributed by atoms with van der Waals surface area (Å²) in [7, 11) is 0. The molecule has 0 unspecified atom stereocenters. The van der Waals surface area contributed by atoms with Crippen LogP contribution in [0.5, 0.6) is 0 Å². The third-order valence-electron chi connectivity index (χ3n) is 3.36. The quantitative estimate of drug-likeness (QED) is 0.477.